The van der Waals surface area contributed by atoms with Crippen LogP contribution in [0.15, 0.2) is 12.4 Å². The predicted molar refractivity (Wildman–Crippen MR) is 74.5 cm³/mol. The Balaban J connectivity index is 0.00000162. The van der Waals surface area contributed by atoms with Crippen LogP contribution in [0.25, 0.3) is 0 Å². The van der Waals surface area contributed by atoms with Gasteiger partial charge in [0.15, 0.2) is 0 Å². The molecule has 0 aromatic carbocycles. The molecule has 0 bridgehead atoms. The fraction of sp³-hybridized carbons (Fsp3) is 0.667. The molecule has 0 amide bonds. The molecule has 1 aliphatic heterocycles. The van der Waals surface area contributed by atoms with Crippen molar-refractivity contribution < 1.29 is 4.74 Å². The summed E-state index contributed by atoms with van der Waals surface area (Å²) < 4.78 is 5.33. The number of nitrogens with zero attached hydrogens (tertiary/aromatic N) is 2. The zero-order chi connectivity index (χ0) is 11.9. The van der Waals surface area contributed by atoms with E-state index in [4.69, 9.17) is 4.74 Å². The maximum atomic E-state index is 5.33. The van der Waals surface area contributed by atoms with E-state index in [-0.39, 0.29) is 12.4 Å². The molecule has 1 atom stereocenters. The summed E-state index contributed by atoms with van der Waals surface area (Å²) in [6, 6.07) is 1.85. The molecule has 1 aromatic heterocycles. The second-order valence-electron chi connectivity index (χ2n) is 4.27. The lowest BCUT2D eigenvalue weighted by molar-refractivity contribution is 0.326. The largest absolute Gasteiger partial charge is 0.478 e. The standard InChI is InChI=1S/C12H20N4O.ClH/c1-2-17-12-6-11(15-9-16-12)14-8-10-4-3-5-13-7-10;/h6,9-10,13H,2-5,7-8H2,1H3,(H,14,15,16);1H. The molecule has 0 aliphatic carbocycles. The van der Waals surface area contributed by atoms with Crippen LogP contribution in [0.1, 0.15) is 19.8 Å². The van der Waals surface area contributed by atoms with E-state index in [0.717, 1.165) is 25.5 Å². The van der Waals surface area contributed by atoms with Crippen LogP contribution in [0.5, 0.6) is 5.88 Å². The summed E-state index contributed by atoms with van der Waals surface area (Å²) in [5.41, 5.74) is 0. The van der Waals surface area contributed by atoms with Crippen molar-refractivity contribution in [1.29, 1.82) is 0 Å². The Morgan fingerprint density at radius 2 is 2.39 bits per heavy atom. The molecule has 0 saturated carbocycles. The number of ether oxygens (including phenoxy) is 1. The number of hydrogen-bond acceptors (Lipinski definition) is 5. The minimum absolute atomic E-state index is 0. The summed E-state index contributed by atoms with van der Waals surface area (Å²) in [4.78, 5) is 8.22. The number of halogens is 1. The molecule has 2 heterocycles. The summed E-state index contributed by atoms with van der Waals surface area (Å²) in [6.07, 6.45) is 4.08. The number of nitrogens with one attached hydrogen (secondary N) is 2. The van der Waals surface area contributed by atoms with Crippen LogP contribution in [0.2, 0.25) is 0 Å². The number of aromatic nitrogens is 2. The minimum atomic E-state index is 0. The predicted octanol–water partition coefficient (Wildman–Crippen LogP) is 1.71. The third kappa shape index (κ3) is 4.66. The molecule has 102 valence electrons. The van der Waals surface area contributed by atoms with Gasteiger partial charge in [0.05, 0.1) is 6.61 Å². The first-order valence-corrected chi connectivity index (χ1v) is 6.28. The maximum absolute atomic E-state index is 5.33. The average molecular weight is 273 g/mol. The van der Waals surface area contributed by atoms with Crippen molar-refractivity contribution in [3.05, 3.63) is 12.4 Å². The van der Waals surface area contributed by atoms with Crippen molar-refractivity contribution in [3.63, 3.8) is 0 Å². The van der Waals surface area contributed by atoms with Gasteiger partial charge in [-0.2, -0.15) is 0 Å². The number of rotatable bonds is 5. The van der Waals surface area contributed by atoms with Gasteiger partial charge >= 0.3 is 0 Å². The number of anilines is 1. The quantitative estimate of drug-likeness (QED) is 0.855. The first-order chi connectivity index (χ1) is 8.38. The van der Waals surface area contributed by atoms with E-state index in [1.807, 2.05) is 13.0 Å². The molecule has 18 heavy (non-hydrogen) atoms. The van der Waals surface area contributed by atoms with E-state index in [9.17, 15) is 0 Å². The van der Waals surface area contributed by atoms with Crippen molar-refractivity contribution in [2.24, 2.45) is 5.92 Å². The van der Waals surface area contributed by atoms with Crippen LogP contribution >= 0.6 is 12.4 Å². The van der Waals surface area contributed by atoms with Crippen molar-refractivity contribution in [2.45, 2.75) is 19.8 Å². The van der Waals surface area contributed by atoms with Gasteiger partial charge < -0.3 is 15.4 Å². The summed E-state index contributed by atoms with van der Waals surface area (Å²) in [7, 11) is 0. The Kier molecular flexibility index (Phi) is 6.75. The Bertz CT molecular complexity index is 345. The highest BCUT2D eigenvalue weighted by Crippen LogP contribution is 2.14. The van der Waals surface area contributed by atoms with Crippen molar-refractivity contribution >= 4 is 18.2 Å². The van der Waals surface area contributed by atoms with Gasteiger partial charge in [-0.3, -0.25) is 0 Å². The fourth-order valence-electron chi connectivity index (χ4n) is 2.01. The average Bonchev–Trinajstić information content (AvgIpc) is 2.39. The second kappa shape index (κ2) is 8.11. The minimum Gasteiger partial charge on any atom is -0.478 e. The maximum Gasteiger partial charge on any atom is 0.218 e. The van der Waals surface area contributed by atoms with E-state index >= 15 is 0 Å². The van der Waals surface area contributed by atoms with Gasteiger partial charge in [0.25, 0.3) is 0 Å². The SMILES string of the molecule is CCOc1cc(NCC2CCCNC2)ncn1.Cl. The first kappa shape index (κ1) is 15.0. The highest BCUT2D eigenvalue weighted by Gasteiger charge is 2.12. The molecule has 0 spiro atoms. The van der Waals surface area contributed by atoms with E-state index in [1.165, 1.54) is 19.2 Å². The Labute approximate surface area is 114 Å². The lowest BCUT2D eigenvalue weighted by atomic mass is 10.00. The normalized spacial score (nSPS) is 18.8. The van der Waals surface area contributed by atoms with Gasteiger partial charge in [-0.25, -0.2) is 9.97 Å². The lowest BCUT2D eigenvalue weighted by Crippen LogP contribution is -2.33. The molecule has 1 aromatic rings. The van der Waals surface area contributed by atoms with Crippen molar-refractivity contribution in [1.82, 2.24) is 15.3 Å². The third-order valence-corrected chi connectivity index (χ3v) is 2.91. The van der Waals surface area contributed by atoms with E-state index in [2.05, 4.69) is 20.6 Å². The molecule has 0 radical (unpaired) electrons. The molecule has 1 saturated heterocycles. The van der Waals surface area contributed by atoms with Crippen molar-refractivity contribution in [2.75, 3.05) is 31.6 Å². The van der Waals surface area contributed by atoms with Gasteiger partial charge in [0, 0.05) is 12.6 Å². The summed E-state index contributed by atoms with van der Waals surface area (Å²) in [5.74, 6) is 2.16. The van der Waals surface area contributed by atoms with Crippen LogP contribution in [0.3, 0.4) is 0 Å². The molecule has 2 rings (SSSR count). The Hall–Kier alpha value is -1.07. The van der Waals surface area contributed by atoms with Crippen LogP contribution in [-0.2, 0) is 0 Å². The van der Waals surface area contributed by atoms with Crippen LogP contribution in [-0.4, -0.2) is 36.2 Å². The zero-order valence-electron chi connectivity index (χ0n) is 10.7. The monoisotopic (exact) mass is 272 g/mol. The van der Waals surface area contributed by atoms with E-state index in [1.54, 1.807) is 0 Å². The zero-order valence-corrected chi connectivity index (χ0v) is 11.5. The van der Waals surface area contributed by atoms with E-state index in [0.29, 0.717) is 18.4 Å². The molecule has 1 unspecified atom stereocenters. The molecule has 1 fully saturated rings. The molecule has 2 N–H and O–H groups in total. The van der Waals surface area contributed by atoms with Crippen LogP contribution in [0, 0.1) is 5.92 Å². The smallest absolute Gasteiger partial charge is 0.218 e. The highest BCUT2D eigenvalue weighted by atomic mass is 35.5. The molecular formula is C12H21ClN4O. The molecule has 1 aliphatic rings. The first-order valence-electron chi connectivity index (χ1n) is 6.28. The van der Waals surface area contributed by atoms with Gasteiger partial charge in [-0.15, -0.1) is 12.4 Å². The lowest BCUT2D eigenvalue weighted by Gasteiger charge is -2.23. The highest BCUT2D eigenvalue weighted by molar-refractivity contribution is 5.85. The van der Waals surface area contributed by atoms with Gasteiger partial charge in [0.1, 0.15) is 12.1 Å². The van der Waals surface area contributed by atoms with E-state index < -0.39 is 0 Å². The fourth-order valence-corrected chi connectivity index (χ4v) is 2.01. The summed E-state index contributed by atoms with van der Waals surface area (Å²) in [5, 5.41) is 6.75. The molecule has 6 heteroatoms. The number of hydrogen-bond donors (Lipinski definition) is 2. The van der Waals surface area contributed by atoms with Gasteiger partial charge in [-0.05, 0) is 38.8 Å². The van der Waals surface area contributed by atoms with Crippen LogP contribution in [0.4, 0.5) is 5.82 Å². The second-order valence-corrected chi connectivity index (χ2v) is 4.27. The van der Waals surface area contributed by atoms with Gasteiger partial charge in [-0.1, -0.05) is 0 Å². The Morgan fingerprint density at radius 3 is 3.11 bits per heavy atom. The van der Waals surface area contributed by atoms with Crippen molar-refractivity contribution in [3.8, 4) is 5.88 Å². The third-order valence-electron chi connectivity index (χ3n) is 2.91. The Morgan fingerprint density at radius 1 is 1.50 bits per heavy atom. The topological polar surface area (TPSA) is 59.1 Å². The van der Waals surface area contributed by atoms with Crippen LogP contribution < -0.4 is 15.4 Å². The summed E-state index contributed by atoms with van der Waals surface area (Å²) in [6.45, 7) is 5.77. The number of piperidine rings is 1. The molecular weight excluding hydrogens is 252 g/mol. The molecule has 5 nitrogen and oxygen atoms in total. The summed E-state index contributed by atoms with van der Waals surface area (Å²) >= 11 is 0. The van der Waals surface area contributed by atoms with Gasteiger partial charge in [0.2, 0.25) is 5.88 Å².